The Hall–Kier alpha value is -1.39. The van der Waals surface area contributed by atoms with Crippen molar-refractivity contribution in [1.82, 2.24) is 9.88 Å². The van der Waals surface area contributed by atoms with Crippen molar-refractivity contribution in [3.05, 3.63) is 45.4 Å². The molecule has 2 aromatic rings. The van der Waals surface area contributed by atoms with E-state index in [1.807, 2.05) is 18.3 Å². The minimum Gasteiger partial charge on any atom is -0.398 e. The molecule has 1 aliphatic heterocycles. The van der Waals surface area contributed by atoms with Crippen LogP contribution in [-0.4, -0.2) is 9.88 Å². The number of benzene rings is 1. The summed E-state index contributed by atoms with van der Waals surface area (Å²) >= 11 is 1.77. The zero-order valence-corrected chi connectivity index (χ0v) is 10.6. The second kappa shape index (κ2) is 4.13. The number of hydrogen-bond donors (Lipinski definition) is 1. The minimum absolute atomic E-state index is 0.917. The number of rotatable bonds is 2. The lowest BCUT2D eigenvalue weighted by Gasteiger charge is -2.12. The molecule has 88 valence electrons. The second-order valence-electron chi connectivity index (χ2n) is 4.49. The molecule has 0 bridgehead atoms. The van der Waals surface area contributed by atoms with Gasteiger partial charge in [0.15, 0.2) is 0 Å². The number of aryl methyl sites for hydroxylation is 1. The van der Waals surface area contributed by atoms with Crippen LogP contribution in [0.15, 0.2) is 24.4 Å². The Morgan fingerprint density at radius 1 is 1.41 bits per heavy atom. The highest BCUT2D eigenvalue weighted by Crippen LogP contribution is 2.29. The van der Waals surface area contributed by atoms with Crippen molar-refractivity contribution < 1.29 is 0 Å². The third kappa shape index (κ3) is 2.06. The van der Waals surface area contributed by atoms with Crippen LogP contribution in [0.1, 0.15) is 21.0 Å². The molecule has 0 spiro atoms. The van der Waals surface area contributed by atoms with Gasteiger partial charge in [0.25, 0.3) is 0 Å². The van der Waals surface area contributed by atoms with Crippen LogP contribution < -0.4 is 5.73 Å². The summed E-state index contributed by atoms with van der Waals surface area (Å²) in [6.07, 6.45) is 1.94. The quantitative estimate of drug-likeness (QED) is 0.827. The van der Waals surface area contributed by atoms with Crippen LogP contribution in [0.4, 0.5) is 5.69 Å². The van der Waals surface area contributed by atoms with E-state index in [1.54, 1.807) is 11.3 Å². The molecule has 0 amide bonds. The van der Waals surface area contributed by atoms with Gasteiger partial charge in [0.1, 0.15) is 5.01 Å². The smallest absolute Gasteiger partial charge is 0.107 e. The highest BCUT2D eigenvalue weighted by atomic mass is 32.1. The lowest BCUT2D eigenvalue weighted by molar-refractivity contribution is 0.275. The van der Waals surface area contributed by atoms with Crippen molar-refractivity contribution in [3.63, 3.8) is 0 Å². The van der Waals surface area contributed by atoms with E-state index in [0.29, 0.717) is 0 Å². The standard InChI is InChI=1S/C13H15N3S/c1-9-5-15-13(17-9)8-16-6-10-3-2-4-12(14)11(10)7-16/h2-5H,6-8,14H2,1H3. The third-order valence-corrected chi connectivity index (χ3v) is 4.01. The summed E-state index contributed by atoms with van der Waals surface area (Å²) in [4.78, 5) is 8.07. The Morgan fingerprint density at radius 3 is 3.00 bits per heavy atom. The van der Waals surface area contributed by atoms with Crippen LogP contribution >= 0.6 is 11.3 Å². The molecular formula is C13H15N3S. The van der Waals surface area contributed by atoms with E-state index in [0.717, 1.165) is 25.3 Å². The summed E-state index contributed by atoms with van der Waals surface area (Å²) in [5.41, 5.74) is 9.56. The van der Waals surface area contributed by atoms with Gasteiger partial charge in [-0.05, 0) is 24.1 Å². The highest BCUT2D eigenvalue weighted by molar-refractivity contribution is 7.11. The first-order chi connectivity index (χ1) is 8.22. The molecule has 0 saturated heterocycles. The molecule has 0 radical (unpaired) electrons. The van der Waals surface area contributed by atoms with E-state index < -0.39 is 0 Å². The van der Waals surface area contributed by atoms with E-state index in [2.05, 4.69) is 22.9 Å². The SMILES string of the molecule is Cc1cnc(CN2Cc3cccc(N)c3C2)s1. The highest BCUT2D eigenvalue weighted by Gasteiger charge is 2.21. The van der Waals surface area contributed by atoms with Gasteiger partial charge in [0.05, 0.1) is 6.54 Å². The van der Waals surface area contributed by atoms with Crippen LogP contribution in [0.25, 0.3) is 0 Å². The van der Waals surface area contributed by atoms with Crippen molar-refractivity contribution in [2.75, 3.05) is 5.73 Å². The molecule has 3 rings (SSSR count). The monoisotopic (exact) mass is 245 g/mol. The number of thiazole rings is 1. The first kappa shape index (κ1) is 10.7. The first-order valence-electron chi connectivity index (χ1n) is 5.72. The van der Waals surface area contributed by atoms with Crippen LogP contribution in [0.5, 0.6) is 0 Å². The van der Waals surface area contributed by atoms with Gasteiger partial charge in [0, 0.05) is 29.9 Å². The molecule has 2 N–H and O–H groups in total. The number of hydrogen-bond acceptors (Lipinski definition) is 4. The van der Waals surface area contributed by atoms with Crippen LogP contribution in [0.3, 0.4) is 0 Å². The molecule has 0 aliphatic carbocycles. The first-order valence-corrected chi connectivity index (χ1v) is 6.54. The molecule has 1 aliphatic rings. The van der Waals surface area contributed by atoms with Gasteiger partial charge < -0.3 is 5.73 Å². The van der Waals surface area contributed by atoms with Gasteiger partial charge in [0.2, 0.25) is 0 Å². The van der Waals surface area contributed by atoms with E-state index in [9.17, 15) is 0 Å². The fourth-order valence-electron chi connectivity index (χ4n) is 2.29. The van der Waals surface area contributed by atoms with Gasteiger partial charge in [-0.3, -0.25) is 4.90 Å². The van der Waals surface area contributed by atoms with Crippen molar-refractivity contribution in [3.8, 4) is 0 Å². The number of anilines is 1. The summed E-state index contributed by atoms with van der Waals surface area (Å²) in [5.74, 6) is 0. The molecule has 0 fully saturated rings. The zero-order valence-electron chi connectivity index (χ0n) is 9.81. The molecule has 3 nitrogen and oxygen atoms in total. The predicted molar refractivity (Wildman–Crippen MR) is 70.7 cm³/mol. The molecule has 17 heavy (non-hydrogen) atoms. The maximum absolute atomic E-state index is 5.99. The molecule has 1 aromatic carbocycles. The normalized spacial score (nSPS) is 15.1. The second-order valence-corrected chi connectivity index (χ2v) is 5.81. The summed E-state index contributed by atoms with van der Waals surface area (Å²) in [6, 6.07) is 6.18. The van der Waals surface area contributed by atoms with Crippen molar-refractivity contribution in [2.45, 2.75) is 26.6 Å². The van der Waals surface area contributed by atoms with E-state index in [4.69, 9.17) is 5.73 Å². The van der Waals surface area contributed by atoms with Gasteiger partial charge in [-0.2, -0.15) is 0 Å². The zero-order chi connectivity index (χ0) is 11.8. The van der Waals surface area contributed by atoms with E-state index >= 15 is 0 Å². The van der Waals surface area contributed by atoms with Crippen molar-refractivity contribution in [1.29, 1.82) is 0 Å². The molecule has 0 saturated carbocycles. The number of nitrogen functional groups attached to an aromatic ring is 1. The molecule has 0 unspecified atom stereocenters. The molecule has 2 heterocycles. The Bertz CT molecular complexity index is 547. The predicted octanol–water partition coefficient (Wildman–Crippen LogP) is 2.55. The molecule has 1 aromatic heterocycles. The number of nitrogens with two attached hydrogens (primary N) is 1. The van der Waals surface area contributed by atoms with Gasteiger partial charge in [-0.15, -0.1) is 11.3 Å². The topological polar surface area (TPSA) is 42.2 Å². The Morgan fingerprint density at radius 2 is 2.29 bits per heavy atom. The Labute approximate surface area is 105 Å². The van der Waals surface area contributed by atoms with Crippen molar-refractivity contribution >= 4 is 17.0 Å². The molecule has 4 heteroatoms. The average Bonchev–Trinajstić information content (AvgIpc) is 2.86. The fourth-order valence-corrected chi connectivity index (χ4v) is 3.12. The number of aromatic nitrogens is 1. The maximum Gasteiger partial charge on any atom is 0.107 e. The molecule has 0 atom stereocenters. The van der Waals surface area contributed by atoms with Gasteiger partial charge in [-0.1, -0.05) is 12.1 Å². The summed E-state index contributed by atoms with van der Waals surface area (Å²) in [6.45, 7) is 4.95. The average molecular weight is 245 g/mol. The lowest BCUT2D eigenvalue weighted by Crippen LogP contribution is -2.15. The lowest BCUT2D eigenvalue weighted by atomic mass is 10.1. The van der Waals surface area contributed by atoms with Crippen LogP contribution in [0, 0.1) is 6.92 Å². The Kier molecular flexibility index (Phi) is 2.61. The van der Waals surface area contributed by atoms with Gasteiger partial charge in [-0.25, -0.2) is 4.98 Å². The summed E-state index contributed by atoms with van der Waals surface area (Å²) < 4.78 is 0. The van der Waals surface area contributed by atoms with Crippen LogP contribution in [-0.2, 0) is 19.6 Å². The van der Waals surface area contributed by atoms with Gasteiger partial charge >= 0.3 is 0 Å². The minimum atomic E-state index is 0.917. The largest absolute Gasteiger partial charge is 0.398 e. The fraction of sp³-hybridized carbons (Fsp3) is 0.308. The summed E-state index contributed by atoms with van der Waals surface area (Å²) in [5, 5.41) is 1.19. The summed E-state index contributed by atoms with van der Waals surface area (Å²) in [7, 11) is 0. The van der Waals surface area contributed by atoms with E-state index in [-0.39, 0.29) is 0 Å². The third-order valence-electron chi connectivity index (χ3n) is 3.11. The van der Waals surface area contributed by atoms with Crippen molar-refractivity contribution in [2.24, 2.45) is 0 Å². The van der Waals surface area contributed by atoms with Crippen LogP contribution in [0.2, 0.25) is 0 Å². The Balaban J connectivity index is 1.76. The molecular weight excluding hydrogens is 230 g/mol. The maximum atomic E-state index is 5.99. The number of fused-ring (bicyclic) bond motifs is 1. The number of nitrogens with zero attached hydrogens (tertiary/aromatic N) is 2. The van der Waals surface area contributed by atoms with E-state index in [1.165, 1.54) is 21.0 Å².